The van der Waals surface area contributed by atoms with Crippen LogP contribution in [0.4, 0.5) is 5.95 Å². The number of rotatable bonds is 1. The van der Waals surface area contributed by atoms with E-state index in [2.05, 4.69) is 21.5 Å². The number of hydrogen-bond donors (Lipinski definition) is 3. The van der Waals surface area contributed by atoms with Crippen molar-refractivity contribution in [2.45, 2.75) is 18.6 Å². The van der Waals surface area contributed by atoms with Crippen LogP contribution < -0.4 is 11.3 Å². The molecule has 0 radical (unpaired) electrons. The number of imidazole rings is 1. The minimum absolute atomic E-state index is 0.0390. The predicted molar refractivity (Wildman–Crippen MR) is 68.3 cm³/mol. The molecule has 0 amide bonds. The summed E-state index contributed by atoms with van der Waals surface area (Å²) in [6.07, 6.45) is 2.16. The average molecular weight is 259 g/mol. The van der Waals surface area contributed by atoms with Crippen LogP contribution in [0, 0.1) is 11.8 Å². The second kappa shape index (κ2) is 3.24. The summed E-state index contributed by atoms with van der Waals surface area (Å²) in [5.74, 6) is 0.546. The fourth-order valence-electron chi connectivity index (χ4n) is 3.23. The van der Waals surface area contributed by atoms with Gasteiger partial charge in [-0.15, -0.1) is 0 Å². The van der Waals surface area contributed by atoms with Crippen molar-refractivity contribution >= 4 is 17.1 Å². The standard InChI is InChI=1S/C12H13N5O2/c1-4-6(2-5-7(4)9(5)18)17-3-14-8-10(17)15-12(13)16-11(8)19/h3,5-7,9,18H,1-2H2,(H3,13,15,16,19)/t5?,6-,7-,9?/m0/s1. The summed E-state index contributed by atoms with van der Waals surface area (Å²) < 4.78 is 1.84. The van der Waals surface area contributed by atoms with Crippen LogP contribution in [0.5, 0.6) is 0 Å². The first-order chi connectivity index (χ1) is 9.08. The van der Waals surface area contributed by atoms with Crippen LogP contribution >= 0.6 is 0 Å². The lowest BCUT2D eigenvalue weighted by atomic mass is 10.1. The molecule has 2 heterocycles. The van der Waals surface area contributed by atoms with E-state index >= 15 is 0 Å². The summed E-state index contributed by atoms with van der Waals surface area (Å²) in [4.78, 5) is 22.4. The third-order valence-corrected chi connectivity index (χ3v) is 4.27. The SMILES string of the molecule is C=C1[C@@H]2C(O)C2C[C@@H]1n1cnc2c(=O)[nH]c(N)nc21. The van der Waals surface area contributed by atoms with Gasteiger partial charge in [0.2, 0.25) is 5.95 Å². The number of nitrogens with zero attached hydrogens (tertiary/aromatic N) is 3. The molecule has 2 aromatic rings. The van der Waals surface area contributed by atoms with Crippen molar-refractivity contribution in [3.05, 3.63) is 28.8 Å². The molecular weight excluding hydrogens is 246 g/mol. The second-order valence-corrected chi connectivity index (χ2v) is 5.28. The number of aromatic amines is 1. The molecule has 2 fully saturated rings. The lowest BCUT2D eigenvalue weighted by Crippen LogP contribution is -2.15. The molecule has 2 aliphatic carbocycles. The minimum Gasteiger partial charge on any atom is -0.392 e. The highest BCUT2D eigenvalue weighted by Gasteiger charge is 2.58. The molecule has 0 aliphatic heterocycles. The largest absolute Gasteiger partial charge is 0.392 e. The summed E-state index contributed by atoms with van der Waals surface area (Å²) >= 11 is 0. The van der Waals surface area contributed by atoms with E-state index in [0.29, 0.717) is 5.65 Å². The van der Waals surface area contributed by atoms with E-state index in [0.717, 1.165) is 12.0 Å². The van der Waals surface area contributed by atoms with Gasteiger partial charge in [-0.2, -0.15) is 4.98 Å². The van der Waals surface area contributed by atoms with Crippen molar-refractivity contribution in [1.82, 2.24) is 19.5 Å². The van der Waals surface area contributed by atoms with Gasteiger partial charge in [0.25, 0.3) is 5.56 Å². The maximum Gasteiger partial charge on any atom is 0.280 e. The minimum atomic E-state index is -0.338. The summed E-state index contributed by atoms with van der Waals surface area (Å²) in [7, 11) is 0. The molecule has 0 spiro atoms. The first-order valence-electron chi connectivity index (χ1n) is 6.17. The molecule has 98 valence electrons. The Bertz CT molecular complexity index is 761. The molecule has 2 saturated carbocycles. The Morgan fingerprint density at radius 1 is 1.58 bits per heavy atom. The number of nitrogens with one attached hydrogen (secondary N) is 1. The molecule has 2 aliphatic rings. The van der Waals surface area contributed by atoms with E-state index in [-0.39, 0.29) is 41.0 Å². The van der Waals surface area contributed by atoms with Crippen molar-refractivity contribution in [3.63, 3.8) is 0 Å². The topological polar surface area (TPSA) is 110 Å². The molecule has 4 atom stereocenters. The van der Waals surface area contributed by atoms with Crippen LogP contribution in [0.15, 0.2) is 23.3 Å². The van der Waals surface area contributed by atoms with E-state index in [9.17, 15) is 9.90 Å². The van der Waals surface area contributed by atoms with Crippen molar-refractivity contribution in [1.29, 1.82) is 0 Å². The number of hydrogen-bond acceptors (Lipinski definition) is 5. The van der Waals surface area contributed by atoms with E-state index in [1.165, 1.54) is 0 Å². The van der Waals surface area contributed by atoms with Crippen LogP contribution in [0.25, 0.3) is 11.2 Å². The molecule has 4 N–H and O–H groups in total. The van der Waals surface area contributed by atoms with Gasteiger partial charge in [-0.1, -0.05) is 6.58 Å². The van der Waals surface area contributed by atoms with Crippen LogP contribution in [-0.2, 0) is 0 Å². The van der Waals surface area contributed by atoms with Gasteiger partial charge in [0.15, 0.2) is 11.2 Å². The molecule has 0 bridgehead atoms. The van der Waals surface area contributed by atoms with Crippen molar-refractivity contribution in [2.75, 3.05) is 5.73 Å². The number of fused-ring (bicyclic) bond motifs is 2. The van der Waals surface area contributed by atoms with Gasteiger partial charge < -0.3 is 15.4 Å². The zero-order valence-corrected chi connectivity index (χ0v) is 10.1. The average Bonchev–Trinajstić information content (AvgIpc) is 2.72. The van der Waals surface area contributed by atoms with Crippen LogP contribution in [0.3, 0.4) is 0 Å². The summed E-state index contributed by atoms with van der Waals surface area (Å²) in [5.41, 5.74) is 6.98. The molecule has 7 heteroatoms. The zero-order valence-electron chi connectivity index (χ0n) is 10.1. The van der Waals surface area contributed by atoms with Gasteiger partial charge in [0.1, 0.15) is 0 Å². The van der Waals surface area contributed by atoms with Crippen LogP contribution in [0.1, 0.15) is 12.5 Å². The highest BCUT2D eigenvalue weighted by Crippen LogP contribution is 2.59. The Morgan fingerprint density at radius 2 is 2.37 bits per heavy atom. The molecule has 2 unspecified atom stereocenters. The van der Waals surface area contributed by atoms with Crippen molar-refractivity contribution in [2.24, 2.45) is 11.8 Å². The first kappa shape index (κ1) is 10.7. The Hall–Kier alpha value is -2.15. The zero-order chi connectivity index (χ0) is 13.3. The lowest BCUT2D eigenvalue weighted by Gasteiger charge is -2.17. The molecule has 0 saturated heterocycles. The number of anilines is 1. The Morgan fingerprint density at radius 3 is 3.05 bits per heavy atom. The number of H-pyrrole nitrogens is 1. The lowest BCUT2D eigenvalue weighted by molar-refractivity contribution is 0.235. The number of aromatic nitrogens is 4. The molecule has 2 aromatic heterocycles. The van der Waals surface area contributed by atoms with Gasteiger partial charge in [-0.3, -0.25) is 9.78 Å². The number of aliphatic hydroxyl groups is 1. The van der Waals surface area contributed by atoms with Gasteiger partial charge in [-0.25, -0.2) is 4.98 Å². The third kappa shape index (κ3) is 1.27. The predicted octanol–water partition coefficient (Wildman–Crippen LogP) is -0.190. The first-order valence-corrected chi connectivity index (χ1v) is 6.17. The maximum atomic E-state index is 11.7. The Kier molecular flexibility index (Phi) is 1.83. The molecular formula is C12H13N5O2. The van der Waals surface area contributed by atoms with Crippen LogP contribution in [-0.4, -0.2) is 30.7 Å². The molecule has 0 aromatic carbocycles. The second-order valence-electron chi connectivity index (χ2n) is 5.28. The highest BCUT2D eigenvalue weighted by atomic mass is 16.3. The molecule has 19 heavy (non-hydrogen) atoms. The van der Waals surface area contributed by atoms with Crippen molar-refractivity contribution in [3.8, 4) is 0 Å². The summed E-state index contributed by atoms with van der Waals surface area (Å²) in [5, 5.41) is 9.66. The Labute approximate surface area is 107 Å². The number of nitrogens with two attached hydrogens (primary N) is 1. The highest BCUT2D eigenvalue weighted by molar-refractivity contribution is 5.71. The third-order valence-electron chi connectivity index (χ3n) is 4.27. The number of nitrogen functional groups attached to an aromatic ring is 1. The van der Waals surface area contributed by atoms with Gasteiger partial charge in [0, 0.05) is 5.92 Å². The number of aliphatic hydroxyl groups excluding tert-OH is 1. The molecule has 4 rings (SSSR count). The monoisotopic (exact) mass is 259 g/mol. The maximum absolute atomic E-state index is 11.7. The van der Waals surface area contributed by atoms with Gasteiger partial charge in [-0.05, 0) is 17.9 Å². The van der Waals surface area contributed by atoms with E-state index < -0.39 is 0 Å². The van der Waals surface area contributed by atoms with Gasteiger partial charge >= 0.3 is 0 Å². The van der Waals surface area contributed by atoms with Crippen molar-refractivity contribution < 1.29 is 5.11 Å². The van der Waals surface area contributed by atoms with E-state index in [4.69, 9.17) is 5.73 Å². The quantitative estimate of drug-likeness (QED) is 0.615. The van der Waals surface area contributed by atoms with Crippen LogP contribution in [0.2, 0.25) is 0 Å². The summed E-state index contributed by atoms with van der Waals surface area (Å²) in [6.45, 7) is 4.06. The van der Waals surface area contributed by atoms with Gasteiger partial charge in [0.05, 0.1) is 18.5 Å². The molecule has 7 nitrogen and oxygen atoms in total. The smallest absolute Gasteiger partial charge is 0.280 e. The fourth-order valence-corrected chi connectivity index (χ4v) is 3.23. The normalized spacial score (nSPS) is 32.8. The van der Waals surface area contributed by atoms with E-state index in [1.54, 1.807) is 6.33 Å². The fraction of sp³-hybridized carbons (Fsp3) is 0.417. The Balaban J connectivity index is 1.85. The van der Waals surface area contributed by atoms with E-state index in [1.807, 2.05) is 4.57 Å². The summed E-state index contributed by atoms with van der Waals surface area (Å²) in [6, 6.07) is 0.0390.